The molecule has 0 aliphatic carbocycles. The van der Waals surface area contributed by atoms with E-state index >= 15 is 0 Å². The van der Waals surface area contributed by atoms with Crippen LogP contribution in [0.2, 0.25) is 0 Å². The lowest BCUT2D eigenvalue weighted by Crippen LogP contribution is -2.35. The first-order chi connectivity index (χ1) is 9.53. The molecule has 0 bridgehead atoms. The molecule has 1 aromatic rings. The lowest BCUT2D eigenvalue weighted by molar-refractivity contribution is -0.119. The normalized spacial score (nSPS) is 10.0. The molecule has 1 amide bonds. The number of rotatable bonds is 7. The van der Waals surface area contributed by atoms with Crippen LogP contribution in [0.4, 0.5) is 11.4 Å². The number of nitrogens with zero attached hydrogens (tertiary/aromatic N) is 1. The lowest BCUT2D eigenvalue weighted by Gasteiger charge is -2.22. The van der Waals surface area contributed by atoms with Crippen molar-refractivity contribution in [1.29, 1.82) is 0 Å². The SMILES string of the molecule is CCCNC(=O)CN(C)c1cc(OC)c(OC)cc1N. The Morgan fingerprint density at radius 3 is 2.45 bits per heavy atom. The van der Waals surface area contributed by atoms with Crippen LogP contribution >= 0.6 is 0 Å². The summed E-state index contributed by atoms with van der Waals surface area (Å²) in [5.41, 5.74) is 7.25. The first-order valence-corrected chi connectivity index (χ1v) is 6.52. The number of hydrogen-bond donors (Lipinski definition) is 2. The summed E-state index contributed by atoms with van der Waals surface area (Å²) in [6, 6.07) is 3.45. The molecule has 112 valence electrons. The van der Waals surface area contributed by atoms with Crippen molar-refractivity contribution in [2.45, 2.75) is 13.3 Å². The molecule has 0 fully saturated rings. The highest BCUT2D eigenvalue weighted by Crippen LogP contribution is 2.36. The summed E-state index contributed by atoms with van der Waals surface area (Å²) < 4.78 is 10.4. The van der Waals surface area contributed by atoms with E-state index in [-0.39, 0.29) is 12.5 Å². The number of nitrogen functional groups attached to an aromatic ring is 1. The Balaban J connectivity index is 2.87. The van der Waals surface area contributed by atoms with Gasteiger partial charge in [-0.05, 0) is 6.42 Å². The third-order valence-electron chi connectivity index (χ3n) is 2.90. The summed E-state index contributed by atoms with van der Waals surface area (Å²) in [7, 11) is 4.92. The van der Waals surface area contributed by atoms with Crippen molar-refractivity contribution in [3.63, 3.8) is 0 Å². The highest BCUT2D eigenvalue weighted by molar-refractivity contribution is 5.83. The van der Waals surface area contributed by atoms with Gasteiger partial charge in [-0.1, -0.05) is 6.92 Å². The second kappa shape index (κ2) is 7.47. The molecular formula is C14H23N3O3. The van der Waals surface area contributed by atoms with Crippen LogP contribution in [0.25, 0.3) is 0 Å². The first-order valence-electron chi connectivity index (χ1n) is 6.52. The molecule has 20 heavy (non-hydrogen) atoms. The maximum Gasteiger partial charge on any atom is 0.239 e. The number of likely N-dealkylation sites (N-methyl/N-ethyl adjacent to an activating group) is 1. The fourth-order valence-corrected chi connectivity index (χ4v) is 1.84. The van der Waals surface area contributed by atoms with Crippen LogP contribution in [0, 0.1) is 0 Å². The van der Waals surface area contributed by atoms with Gasteiger partial charge in [0.25, 0.3) is 0 Å². The molecule has 1 aromatic carbocycles. The Labute approximate surface area is 119 Å². The molecule has 0 aliphatic heterocycles. The van der Waals surface area contributed by atoms with Gasteiger partial charge in [0.1, 0.15) is 0 Å². The molecule has 3 N–H and O–H groups in total. The van der Waals surface area contributed by atoms with E-state index in [1.54, 1.807) is 31.3 Å². The van der Waals surface area contributed by atoms with Crippen LogP contribution in [-0.2, 0) is 4.79 Å². The van der Waals surface area contributed by atoms with Crippen molar-refractivity contribution < 1.29 is 14.3 Å². The number of methoxy groups -OCH3 is 2. The minimum absolute atomic E-state index is 0.0384. The lowest BCUT2D eigenvalue weighted by atomic mass is 10.2. The van der Waals surface area contributed by atoms with Crippen molar-refractivity contribution in [1.82, 2.24) is 5.32 Å². The van der Waals surface area contributed by atoms with Gasteiger partial charge in [-0.2, -0.15) is 0 Å². The predicted octanol–water partition coefficient (Wildman–Crippen LogP) is 1.25. The topological polar surface area (TPSA) is 76.8 Å². The average molecular weight is 281 g/mol. The molecule has 0 radical (unpaired) electrons. The van der Waals surface area contributed by atoms with Gasteiger partial charge in [0, 0.05) is 25.7 Å². The van der Waals surface area contributed by atoms with Crippen LogP contribution in [0.15, 0.2) is 12.1 Å². The van der Waals surface area contributed by atoms with Crippen LogP contribution in [0.3, 0.4) is 0 Å². The average Bonchev–Trinajstić information content (AvgIpc) is 2.44. The highest BCUT2D eigenvalue weighted by Gasteiger charge is 2.14. The number of hydrogen-bond acceptors (Lipinski definition) is 5. The summed E-state index contributed by atoms with van der Waals surface area (Å²) in [6.45, 7) is 2.92. The summed E-state index contributed by atoms with van der Waals surface area (Å²) in [5.74, 6) is 1.11. The molecule has 0 heterocycles. The zero-order valence-corrected chi connectivity index (χ0v) is 12.5. The Morgan fingerprint density at radius 2 is 1.90 bits per heavy atom. The zero-order valence-electron chi connectivity index (χ0n) is 12.5. The van der Waals surface area contributed by atoms with E-state index in [1.165, 1.54) is 0 Å². The van der Waals surface area contributed by atoms with Crippen molar-refractivity contribution in [3.05, 3.63) is 12.1 Å². The summed E-state index contributed by atoms with van der Waals surface area (Å²) >= 11 is 0. The van der Waals surface area contributed by atoms with E-state index in [9.17, 15) is 4.79 Å². The van der Waals surface area contributed by atoms with E-state index in [0.717, 1.165) is 12.1 Å². The number of ether oxygens (including phenoxy) is 2. The monoisotopic (exact) mass is 281 g/mol. The molecule has 0 saturated heterocycles. The van der Waals surface area contributed by atoms with Gasteiger partial charge < -0.3 is 25.4 Å². The fraction of sp³-hybridized carbons (Fsp3) is 0.500. The van der Waals surface area contributed by atoms with Crippen molar-refractivity contribution >= 4 is 17.3 Å². The van der Waals surface area contributed by atoms with Gasteiger partial charge in [-0.15, -0.1) is 0 Å². The van der Waals surface area contributed by atoms with Crippen LogP contribution < -0.4 is 25.4 Å². The maximum absolute atomic E-state index is 11.7. The van der Waals surface area contributed by atoms with E-state index in [4.69, 9.17) is 15.2 Å². The Kier molecular flexibility index (Phi) is 5.96. The molecule has 0 spiro atoms. The van der Waals surface area contributed by atoms with E-state index in [0.29, 0.717) is 23.7 Å². The second-order valence-electron chi connectivity index (χ2n) is 4.47. The van der Waals surface area contributed by atoms with Gasteiger partial charge in [-0.25, -0.2) is 0 Å². The fourth-order valence-electron chi connectivity index (χ4n) is 1.84. The largest absolute Gasteiger partial charge is 0.493 e. The van der Waals surface area contributed by atoms with Crippen LogP contribution in [-0.4, -0.2) is 40.3 Å². The van der Waals surface area contributed by atoms with Gasteiger partial charge in [0.15, 0.2) is 11.5 Å². The zero-order chi connectivity index (χ0) is 15.1. The Hall–Kier alpha value is -2.11. The number of carbonyl (C=O) groups excluding carboxylic acids is 1. The first kappa shape index (κ1) is 15.9. The maximum atomic E-state index is 11.7. The number of nitrogens with two attached hydrogens (primary N) is 1. The van der Waals surface area contributed by atoms with Crippen molar-refractivity contribution in [3.8, 4) is 11.5 Å². The van der Waals surface area contributed by atoms with E-state index in [2.05, 4.69) is 5.32 Å². The highest BCUT2D eigenvalue weighted by atomic mass is 16.5. The van der Waals surface area contributed by atoms with E-state index in [1.807, 2.05) is 14.0 Å². The minimum Gasteiger partial charge on any atom is -0.493 e. The molecule has 0 aromatic heterocycles. The number of nitrogens with one attached hydrogen (secondary N) is 1. The van der Waals surface area contributed by atoms with Gasteiger partial charge >= 0.3 is 0 Å². The summed E-state index contributed by atoms with van der Waals surface area (Å²) in [6.07, 6.45) is 0.911. The van der Waals surface area contributed by atoms with Crippen molar-refractivity contribution in [2.24, 2.45) is 0 Å². The summed E-state index contributed by atoms with van der Waals surface area (Å²) in [4.78, 5) is 13.5. The molecule has 6 nitrogen and oxygen atoms in total. The number of anilines is 2. The third-order valence-corrected chi connectivity index (χ3v) is 2.90. The standard InChI is InChI=1S/C14H23N3O3/c1-5-6-16-14(18)9-17(2)11-8-13(20-4)12(19-3)7-10(11)15/h7-8H,5-6,9,15H2,1-4H3,(H,16,18). The Morgan fingerprint density at radius 1 is 1.30 bits per heavy atom. The molecule has 6 heteroatoms. The number of amides is 1. The quantitative estimate of drug-likeness (QED) is 0.736. The molecule has 0 aliphatic rings. The second-order valence-corrected chi connectivity index (χ2v) is 4.47. The predicted molar refractivity (Wildman–Crippen MR) is 80.5 cm³/mol. The smallest absolute Gasteiger partial charge is 0.239 e. The third kappa shape index (κ3) is 3.94. The van der Waals surface area contributed by atoms with Crippen molar-refractivity contribution in [2.75, 3.05) is 45.0 Å². The minimum atomic E-state index is -0.0384. The summed E-state index contributed by atoms with van der Waals surface area (Å²) in [5, 5.41) is 2.83. The Bertz CT molecular complexity index is 463. The number of benzene rings is 1. The van der Waals surface area contributed by atoms with Gasteiger partial charge in [-0.3, -0.25) is 4.79 Å². The molecule has 0 unspecified atom stereocenters. The molecule has 0 atom stereocenters. The van der Waals surface area contributed by atoms with Crippen LogP contribution in [0.1, 0.15) is 13.3 Å². The van der Waals surface area contributed by atoms with Gasteiger partial charge in [0.2, 0.25) is 5.91 Å². The van der Waals surface area contributed by atoms with E-state index < -0.39 is 0 Å². The van der Waals surface area contributed by atoms with Gasteiger partial charge in [0.05, 0.1) is 32.1 Å². The molecule has 0 saturated carbocycles. The van der Waals surface area contributed by atoms with Crippen LogP contribution in [0.5, 0.6) is 11.5 Å². The molecule has 1 rings (SSSR count). The number of carbonyl (C=O) groups is 1. The molecular weight excluding hydrogens is 258 g/mol.